The molecule has 0 aromatic heterocycles. The quantitative estimate of drug-likeness (QED) is 0.531. The minimum Gasteiger partial charge on any atom is -0.550 e. The Morgan fingerprint density at radius 2 is 1.04 bits per heavy atom. The first-order valence-electron chi connectivity index (χ1n) is 8.49. The molecule has 0 aromatic carbocycles. The summed E-state index contributed by atoms with van der Waals surface area (Å²) in [5.74, 6) is -2.18. The Kier molecular flexibility index (Phi) is 9.33. The molecule has 2 saturated carbocycles. The summed E-state index contributed by atoms with van der Waals surface area (Å²) in [5.41, 5.74) is -0.0891. The average molecular weight is 511 g/mol. The molecule has 0 aromatic rings. The van der Waals surface area contributed by atoms with Crippen LogP contribution in [0.3, 0.4) is 0 Å². The molecule has 4 nitrogen and oxygen atoms in total. The van der Waals surface area contributed by atoms with Crippen LogP contribution in [0, 0.1) is 22.7 Å². The first-order chi connectivity index (χ1) is 10.1. The summed E-state index contributed by atoms with van der Waals surface area (Å²) in [5, 5.41) is 21.3. The topological polar surface area (TPSA) is 80.3 Å². The van der Waals surface area contributed by atoms with Crippen LogP contribution in [0.4, 0.5) is 0 Å². The van der Waals surface area contributed by atoms with E-state index in [0.717, 1.165) is 51.4 Å². The molecule has 0 aliphatic heterocycles. The standard InChI is InChI=1S/2C9H16O2.Hg/c2*1-9(2)6-4-3-5-7(9)8(10)11;/h2*7H,3-6H2,1-2H3,(H,10,11);/q;;+2/p-2. The van der Waals surface area contributed by atoms with Crippen molar-refractivity contribution in [3.05, 3.63) is 0 Å². The summed E-state index contributed by atoms with van der Waals surface area (Å²) in [6, 6.07) is 0. The first-order valence-corrected chi connectivity index (χ1v) is 8.49. The van der Waals surface area contributed by atoms with Gasteiger partial charge in [-0.15, -0.1) is 0 Å². The normalized spacial score (nSPS) is 28.5. The maximum absolute atomic E-state index is 10.7. The summed E-state index contributed by atoms with van der Waals surface area (Å²) in [6.07, 6.45) is 8.06. The molecule has 0 bridgehead atoms. The van der Waals surface area contributed by atoms with Gasteiger partial charge in [-0.2, -0.15) is 0 Å². The van der Waals surface area contributed by atoms with Crippen molar-refractivity contribution in [1.82, 2.24) is 0 Å². The van der Waals surface area contributed by atoms with Crippen LogP contribution in [0.5, 0.6) is 0 Å². The molecule has 128 valence electrons. The van der Waals surface area contributed by atoms with Gasteiger partial charge in [0.2, 0.25) is 0 Å². The molecule has 5 heteroatoms. The van der Waals surface area contributed by atoms with Gasteiger partial charge in [-0.25, -0.2) is 0 Å². The second-order valence-corrected chi connectivity index (χ2v) is 8.21. The zero-order chi connectivity index (χ0) is 17.0. The van der Waals surface area contributed by atoms with Crippen molar-refractivity contribution in [1.29, 1.82) is 0 Å². The van der Waals surface area contributed by atoms with Gasteiger partial charge in [-0.3, -0.25) is 0 Å². The van der Waals surface area contributed by atoms with Gasteiger partial charge in [0.25, 0.3) is 0 Å². The molecule has 23 heavy (non-hydrogen) atoms. The third-order valence-corrected chi connectivity index (χ3v) is 5.58. The maximum Gasteiger partial charge on any atom is 2.00 e. The van der Waals surface area contributed by atoms with E-state index in [1.54, 1.807) is 0 Å². The van der Waals surface area contributed by atoms with Gasteiger partial charge in [0.1, 0.15) is 0 Å². The molecule has 2 unspecified atom stereocenters. The molecule has 2 aliphatic rings. The second kappa shape index (κ2) is 9.38. The number of rotatable bonds is 2. The Morgan fingerprint density at radius 3 is 1.22 bits per heavy atom. The van der Waals surface area contributed by atoms with Crippen LogP contribution in [0.2, 0.25) is 0 Å². The van der Waals surface area contributed by atoms with E-state index in [4.69, 9.17) is 0 Å². The Morgan fingerprint density at radius 1 is 0.739 bits per heavy atom. The number of aliphatic carboxylic acids is 2. The van der Waals surface area contributed by atoms with Crippen LogP contribution in [-0.2, 0) is 37.3 Å². The molecule has 2 rings (SSSR count). The Balaban J connectivity index is 0.000000403. The summed E-state index contributed by atoms with van der Waals surface area (Å²) < 4.78 is 0. The molecular formula is C18H30HgO4. The second-order valence-electron chi connectivity index (χ2n) is 8.21. The van der Waals surface area contributed by atoms with Crippen LogP contribution >= 0.6 is 0 Å². The maximum atomic E-state index is 10.7. The number of carboxylic acid groups (broad SMARTS) is 2. The first kappa shape index (κ1) is 22.9. The monoisotopic (exact) mass is 512 g/mol. The van der Waals surface area contributed by atoms with E-state index in [1.807, 2.05) is 27.7 Å². The van der Waals surface area contributed by atoms with Crippen molar-refractivity contribution in [3.8, 4) is 0 Å². The molecule has 0 heterocycles. The van der Waals surface area contributed by atoms with Gasteiger partial charge in [0.15, 0.2) is 0 Å². The van der Waals surface area contributed by atoms with E-state index in [1.165, 1.54) is 0 Å². The van der Waals surface area contributed by atoms with Gasteiger partial charge >= 0.3 is 27.7 Å². The Bertz CT molecular complexity index is 366. The average Bonchev–Trinajstić information content (AvgIpc) is 2.37. The number of carbonyl (C=O) groups is 2. The van der Waals surface area contributed by atoms with Crippen molar-refractivity contribution in [2.24, 2.45) is 22.7 Å². The fraction of sp³-hybridized carbons (Fsp3) is 0.889. The van der Waals surface area contributed by atoms with Crippen LogP contribution < -0.4 is 10.2 Å². The van der Waals surface area contributed by atoms with Crippen LogP contribution in [0.1, 0.15) is 79.1 Å². The number of carboxylic acids is 2. The van der Waals surface area contributed by atoms with Crippen LogP contribution in [0.25, 0.3) is 0 Å². The van der Waals surface area contributed by atoms with E-state index in [-0.39, 0.29) is 50.3 Å². The van der Waals surface area contributed by atoms with E-state index < -0.39 is 11.9 Å². The number of hydrogen-bond acceptors (Lipinski definition) is 4. The third kappa shape index (κ3) is 6.71. The molecule has 2 aliphatic carbocycles. The fourth-order valence-corrected chi connectivity index (χ4v) is 3.86. The Hall–Kier alpha value is -0.125. The minimum absolute atomic E-state index is 0. The largest absolute Gasteiger partial charge is 2.00 e. The van der Waals surface area contributed by atoms with Crippen molar-refractivity contribution in [2.45, 2.75) is 79.1 Å². The molecule has 0 amide bonds. The summed E-state index contributed by atoms with van der Waals surface area (Å²) >= 11 is 0. The molecular weight excluding hydrogens is 481 g/mol. The molecule has 0 radical (unpaired) electrons. The van der Waals surface area contributed by atoms with Gasteiger partial charge in [-0.05, 0) is 36.5 Å². The smallest absolute Gasteiger partial charge is 0.550 e. The summed E-state index contributed by atoms with van der Waals surface area (Å²) in [6.45, 7) is 8.08. The van der Waals surface area contributed by atoms with E-state index in [2.05, 4.69) is 0 Å². The van der Waals surface area contributed by atoms with Crippen molar-refractivity contribution < 1.29 is 47.5 Å². The van der Waals surface area contributed by atoms with Gasteiger partial charge in [0.05, 0.1) is 0 Å². The zero-order valence-electron chi connectivity index (χ0n) is 15.2. The van der Waals surface area contributed by atoms with Gasteiger partial charge in [-0.1, -0.05) is 53.4 Å². The van der Waals surface area contributed by atoms with E-state index >= 15 is 0 Å². The Labute approximate surface area is 160 Å². The molecule has 2 fully saturated rings. The van der Waals surface area contributed by atoms with Gasteiger partial charge in [0, 0.05) is 23.8 Å². The van der Waals surface area contributed by atoms with Crippen molar-refractivity contribution >= 4 is 11.9 Å². The number of hydrogen-bond donors (Lipinski definition) is 0. The van der Waals surface area contributed by atoms with Gasteiger partial charge < -0.3 is 19.8 Å². The minimum atomic E-state index is -0.866. The van der Waals surface area contributed by atoms with E-state index in [0.29, 0.717) is 0 Å². The summed E-state index contributed by atoms with van der Waals surface area (Å²) in [7, 11) is 0. The fourth-order valence-electron chi connectivity index (χ4n) is 3.86. The van der Waals surface area contributed by atoms with Crippen molar-refractivity contribution in [2.75, 3.05) is 0 Å². The molecule has 0 saturated heterocycles. The van der Waals surface area contributed by atoms with Crippen molar-refractivity contribution in [3.63, 3.8) is 0 Å². The third-order valence-electron chi connectivity index (χ3n) is 5.58. The SMILES string of the molecule is CC1(C)CCCCC1C(=O)[O-].CC1(C)CCCCC1C(=O)[O-].[Hg+2]. The van der Waals surface area contributed by atoms with Crippen LogP contribution in [0.15, 0.2) is 0 Å². The molecule has 2 atom stereocenters. The molecule has 0 N–H and O–H groups in total. The summed E-state index contributed by atoms with van der Waals surface area (Å²) in [4.78, 5) is 21.3. The number of carbonyl (C=O) groups excluding carboxylic acids is 2. The predicted molar refractivity (Wildman–Crippen MR) is 81.5 cm³/mol. The van der Waals surface area contributed by atoms with Crippen LogP contribution in [-0.4, -0.2) is 11.9 Å². The predicted octanol–water partition coefficient (Wildman–Crippen LogP) is 1.90. The molecule has 0 spiro atoms. The zero-order valence-corrected chi connectivity index (χ0v) is 20.6. The van der Waals surface area contributed by atoms with E-state index in [9.17, 15) is 19.8 Å².